The van der Waals surface area contributed by atoms with E-state index in [0.717, 1.165) is 22.3 Å². The Kier molecular flexibility index (Phi) is 8.95. The van der Waals surface area contributed by atoms with E-state index in [0.29, 0.717) is 23.0 Å². The van der Waals surface area contributed by atoms with Crippen molar-refractivity contribution in [1.82, 2.24) is 29.7 Å². The number of carbonyl (C=O) groups is 2. The fourth-order valence-electron chi connectivity index (χ4n) is 6.56. The van der Waals surface area contributed by atoms with Gasteiger partial charge in [0.05, 0.1) is 36.6 Å². The average molecular weight is 665 g/mol. The van der Waals surface area contributed by atoms with E-state index in [1.165, 1.54) is 9.80 Å². The number of halogens is 4. The smallest absolute Gasteiger partial charge is 0.267 e. The monoisotopic (exact) mass is 664 g/mol. The zero-order chi connectivity index (χ0) is 34.4. The van der Waals surface area contributed by atoms with Gasteiger partial charge in [-0.15, -0.1) is 0 Å². The lowest BCUT2D eigenvalue weighted by molar-refractivity contribution is -0.135. The molecule has 2 aromatic heterocycles. The van der Waals surface area contributed by atoms with E-state index >= 15 is 0 Å². The molecule has 254 valence electrons. The number of rotatable bonds is 9. The van der Waals surface area contributed by atoms with E-state index in [9.17, 15) is 27.2 Å². The fraction of sp³-hybridized carbons (Fsp3) is 0.444. The van der Waals surface area contributed by atoms with Crippen LogP contribution in [-0.2, 0) is 9.59 Å². The van der Waals surface area contributed by atoms with Gasteiger partial charge in [-0.25, -0.2) is 27.5 Å². The van der Waals surface area contributed by atoms with Crippen LogP contribution in [0.3, 0.4) is 0 Å². The molecule has 2 amide bonds. The van der Waals surface area contributed by atoms with Crippen LogP contribution in [0.4, 0.5) is 17.6 Å². The van der Waals surface area contributed by atoms with Crippen LogP contribution in [0.2, 0.25) is 0 Å². The third-order valence-electron chi connectivity index (χ3n) is 8.87. The number of benzene rings is 2. The van der Waals surface area contributed by atoms with Crippen LogP contribution in [0.5, 0.6) is 0 Å². The van der Waals surface area contributed by atoms with E-state index in [1.54, 1.807) is 12.4 Å². The Morgan fingerprint density at radius 2 is 1.00 bits per heavy atom. The van der Waals surface area contributed by atoms with Gasteiger partial charge in [-0.2, -0.15) is 0 Å². The summed E-state index contributed by atoms with van der Waals surface area (Å²) in [5.41, 5.74) is 4.67. The van der Waals surface area contributed by atoms with E-state index in [4.69, 9.17) is 0 Å². The molecule has 0 unspecified atom stereocenters. The lowest BCUT2D eigenvalue weighted by Gasteiger charge is -2.23. The molecule has 2 aliphatic heterocycles. The summed E-state index contributed by atoms with van der Waals surface area (Å²) in [5.74, 6) is -5.72. The second-order valence-corrected chi connectivity index (χ2v) is 13.9. The number of aromatic nitrogens is 4. The maximum Gasteiger partial charge on any atom is 0.267 e. The summed E-state index contributed by atoms with van der Waals surface area (Å²) < 4.78 is 57.5. The van der Waals surface area contributed by atoms with Gasteiger partial charge >= 0.3 is 0 Å². The van der Waals surface area contributed by atoms with E-state index in [1.807, 2.05) is 76.2 Å². The molecule has 8 nitrogen and oxygen atoms in total. The second-order valence-electron chi connectivity index (χ2n) is 13.9. The summed E-state index contributed by atoms with van der Waals surface area (Å²) in [6, 6.07) is 13.7. The number of alkyl halides is 4. The predicted molar refractivity (Wildman–Crippen MR) is 174 cm³/mol. The molecule has 0 bridgehead atoms. The Morgan fingerprint density at radius 3 is 1.33 bits per heavy atom. The molecule has 2 fully saturated rings. The number of amides is 2. The van der Waals surface area contributed by atoms with Gasteiger partial charge in [0, 0.05) is 49.2 Å². The van der Waals surface area contributed by atoms with Crippen LogP contribution in [0.25, 0.3) is 33.6 Å². The number of likely N-dealkylation sites (tertiary alicyclic amines) is 2. The van der Waals surface area contributed by atoms with Crippen molar-refractivity contribution in [2.75, 3.05) is 13.1 Å². The number of imidazole rings is 2. The molecule has 2 atom stereocenters. The predicted octanol–water partition coefficient (Wildman–Crippen LogP) is 8.04. The van der Waals surface area contributed by atoms with Crippen molar-refractivity contribution in [1.29, 1.82) is 0 Å². The number of hydrogen-bond donors (Lipinski definition) is 2. The standard InChI is InChI=1S/C36H40F4N6O2/c1-21(2)13-31(47)45-19-35(37,38)15-29(45)33-41-17-27(43-33)25-9-5-23(6-10-25)24-7-11-26(12-8-24)28-18-42-34(44-28)30-16-36(39,40)20-46(30)32(48)14-22(3)4/h5-12,17-18,21-22,29-30H,13-16,19-20H2,1-4H3,(H,41,43)(H,42,44)/t29-,30-/m0/s1. The molecule has 12 heteroatoms. The van der Waals surface area contributed by atoms with Gasteiger partial charge in [0.1, 0.15) is 11.6 Å². The minimum absolute atomic E-state index is 0.0613. The topological polar surface area (TPSA) is 98.0 Å². The quantitative estimate of drug-likeness (QED) is 0.177. The first kappa shape index (κ1) is 33.4. The molecule has 2 aliphatic rings. The Labute approximate surface area is 277 Å². The zero-order valence-electron chi connectivity index (χ0n) is 27.4. The fourth-order valence-corrected chi connectivity index (χ4v) is 6.56. The van der Waals surface area contributed by atoms with Crippen molar-refractivity contribution in [3.05, 3.63) is 72.6 Å². The Morgan fingerprint density at radius 1 is 0.667 bits per heavy atom. The highest BCUT2D eigenvalue weighted by atomic mass is 19.3. The summed E-state index contributed by atoms with van der Waals surface area (Å²) in [6.45, 7) is 6.33. The Bertz CT molecular complexity index is 1630. The van der Waals surface area contributed by atoms with Gasteiger partial charge in [0.15, 0.2) is 0 Å². The van der Waals surface area contributed by atoms with Crippen LogP contribution in [0, 0.1) is 11.8 Å². The van der Waals surface area contributed by atoms with Crippen molar-refractivity contribution in [2.45, 2.75) is 77.3 Å². The highest BCUT2D eigenvalue weighted by molar-refractivity contribution is 5.78. The molecule has 48 heavy (non-hydrogen) atoms. The Hall–Kier alpha value is -4.48. The SMILES string of the molecule is CC(C)CC(=O)N1CC(F)(F)C[C@H]1c1nc(-c2ccc(-c3ccc(-c4c[nH]c([C@@H]5CC(F)(F)CN5C(=O)CC(C)C)n4)cc3)cc2)c[nH]1. The minimum Gasteiger partial charge on any atom is -0.346 e. The van der Waals surface area contributed by atoms with Gasteiger partial charge in [0.2, 0.25) is 11.8 Å². The number of carbonyl (C=O) groups excluding carboxylic acids is 2. The molecule has 2 aromatic carbocycles. The van der Waals surface area contributed by atoms with E-state index in [2.05, 4.69) is 19.9 Å². The van der Waals surface area contributed by atoms with Crippen LogP contribution in [0.1, 0.15) is 77.1 Å². The van der Waals surface area contributed by atoms with Crippen LogP contribution >= 0.6 is 0 Å². The summed E-state index contributed by atoms with van der Waals surface area (Å²) in [4.78, 5) is 43.2. The number of nitrogens with one attached hydrogen (secondary N) is 2. The summed E-state index contributed by atoms with van der Waals surface area (Å²) in [7, 11) is 0. The first-order valence-electron chi connectivity index (χ1n) is 16.3. The molecular weight excluding hydrogens is 624 g/mol. The molecule has 2 saturated heterocycles. The van der Waals surface area contributed by atoms with Gasteiger partial charge in [-0.3, -0.25) is 9.59 Å². The average Bonchev–Trinajstić information content (AvgIpc) is 3.81. The normalized spacial score (nSPS) is 20.3. The highest BCUT2D eigenvalue weighted by Gasteiger charge is 2.49. The largest absolute Gasteiger partial charge is 0.346 e. The lowest BCUT2D eigenvalue weighted by Crippen LogP contribution is -2.34. The third-order valence-corrected chi connectivity index (χ3v) is 8.87. The second kappa shape index (κ2) is 12.9. The first-order valence-corrected chi connectivity index (χ1v) is 16.3. The number of nitrogens with zero attached hydrogens (tertiary/aromatic N) is 4. The molecule has 0 aliphatic carbocycles. The van der Waals surface area contributed by atoms with Crippen LogP contribution in [0.15, 0.2) is 60.9 Å². The number of H-pyrrole nitrogens is 2. The van der Waals surface area contributed by atoms with Gasteiger partial charge in [0.25, 0.3) is 11.8 Å². The first-order chi connectivity index (χ1) is 22.7. The summed E-state index contributed by atoms with van der Waals surface area (Å²) >= 11 is 0. The minimum atomic E-state index is -2.97. The van der Waals surface area contributed by atoms with E-state index in [-0.39, 0.29) is 36.5 Å². The van der Waals surface area contributed by atoms with Crippen molar-refractivity contribution in [3.63, 3.8) is 0 Å². The molecular formula is C36H40F4N6O2. The molecule has 2 N–H and O–H groups in total. The molecule has 4 aromatic rings. The molecule has 0 saturated carbocycles. The van der Waals surface area contributed by atoms with Crippen molar-refractivity contribution >= 4 is 11.8 Å². The van der Waals surface area contributed by atoms with Crippen molar-refractivity contribution < 1.29 is 27.2 Å². The van der Waals surface area contributed by atoms with Crippen molar-refractivity contribution in [2.24, 2.45) is 11.8 Å². The zero-order valence-corrected chi connectivity index (χ0v) is 27.4. The third kappa shape index (κ3) is 7.17. The number of hydrogen-bond acceptors (Lipinski definition) is 4. The molecule has 0 radical (unpaired) electrons. The summed E-state index contributed by atoms with van der Waals surface area (Å²) in [5, 5.41) is 0. The van der Waals surface area contributed by atoms with Gasteiger partial charge in [-0.05, 0) is 23.0 Å². The van der Waals surface area contributed by atoms with Crippen LogP contribution < -0.4 is 0 Å². The molecule has 0 spiro atoms. The van der Waals surface area contributed by atoms with Gasteiger partial charge in [-0.1, -0.05) is 76.2 Å². The molecule has 6 rings (SSSR count). The Balaban J connectivity index is 1.14. The number of aromatic amines is 2. The van der Waals surface area contributed by atoms with Crippen molar-refractivity contribution in [3.8, 4) is 33.6 Å². The maximum atomic E-state index is 14.4. The molecule has 4 heterocycles. The maximum absolute atomic E-state index is 14.4. The summed E-state index contributed by atoms with van der Waals surface area (Å²) in [6.07, 6.45) is 2.81. The highest BCUT2D eigenvalue weighted by Crippen LogP contribution is 2.42. The van der Waals surface area contributed by atoms with Crippen LogP contribution in [-0.4, -0.2) is 66.5 Å². The lowest BCUT2D eigenvalue weighted by atomic mass is 10.0. The van der Waals surface area contributed by atoms with Gasteiger partial charge < -0.3 is 19.8 Å². The van der Waals surface area contributed by atoms with E-state index < -0.39 is 49.9 Å².